The highest BCUT2D eigenvalue weighted by Gasteiger charge is 2.26. The Morgan fingerprint density at radius 3 is 2.53 bits per heavy atom. The maximum Gasteiger partial charge on any atom is 0.319 e. The Hall–Kier alpha value is -3.75. The number of fused-ring (bicyclic) bond motifs is 1. The van der Waals surface area contributed by atoms with Crippen LogP contribution in [-0.2, 0) is 13.1 Å². The van der Waals surface area contributed by atoms with Crippen LogP contribution in [0.2, 0.25) is 0 Å². The number of nitrogens with one attached hydrogen (secondary N) is 2. The topological polar surface area (TPSA) is 99.7 Å². The number of hydrogen-bond acceptors (Lipinski definition) is 4. The van der Waals surface area contributed by atoms with E-state index in [4.69, 9.17) is 4.74 Å². The molecule has 2 N–H and O–H groups in total. The van der Waals surface area contributed by atoms with E-state index in [1.54, 1.807) is 32.0 Å². The lowest BCUT2D eigenvalue weighted by Gasteiger charge is -2.34. The molecule has 0 bridgehead atoms. The van der Waals surface area contributed by atoms with Crippen LogP contribution in [0.4, 0.5) is 4.79 Å². The number of para-hydroxylation sites is 1. The minimum absolute atomic E-state index is 0.0547. The molecule has 2 aromatic heterocycles. The summed E-state index contributed by atoms with van der Waals surface area (Å²) in [5.41, 5.74) is 3.33. The predicted molar refractivity (Wildman–Crippen MR) is 140 cm³/mol. The molecular weight excluding hydrogens is 458 g/mol. The minimum atomic E-state index is -0.273. The molecule has 0 unspecified atom stereocenters. The predicted octanol–water partition coefficient (Wildman–Crippen LogP) is 3.28. The van der Waals surface area contributed by atoms with Gasteiger partial charge in [-0.1, -0.05) is 18.2 Å². The van der Waals surface area contributed by atoms with Crippen LogP contribution in [0.15, 0.2) is 35.1 Å². The highest BCUT2D eigenvalue weighted by Crippen LogP contribution is 2.29. The summed E-state index contributed by atoms with van der Waals surface area (Å²) in [6, 6.07) is 9.72. The Balaban J connectivity index is 1.54. The van der Waals surface area contributed by atoms with Crippen LogP contribution < -0.4 is 15.6 Å². The molecule has 36 heavy (non-hydrogen) atoms. The molecule has 0 radical (unpaired) electrons. The molecule has 0 saturated carbocycles. The van der Waals surface area contributed by atoms with Gasteiger partial charge in [-0.25, -0.2) is 4.79 Å². The number of amides is 3. The molecule has 3 heterocycles. The maximum absolute atomic E-state index is 13.4. The van der Waals surface area contributed by atoms with E-state index >= 15 is 0 Å². The number of nitrogens with zero attached hydrogens (tertiary/aromatic N) is 3. The van der Waals surface area contributed by atoms with Crippen molar-refractivity contribution in [2.45, 2.75) is 39.8 Å². The van der Waals surface area contributed by atoms with E-state index in [1.807, 2.05) is 36.1 Å². The first kappa shape index (κ1) is 25.3. The molecule has 1 fully saturated rings. The van der Waals surface area contributed by atoms with Crippen LogP contribution in [0, 0.1) is 19.8 Å². The van der Waals surface area contributed by atoms with Crippen molar-refractivity contribution in [3.05, 3.63) is 63.2 Å². The van der Waals surface area contributed by atoms with Crippen molar-refractivity contribution in [1.29, 1.82) is 0 Å². The Labute approximate surface area is 211 Å². The Morgan fingerprint density at radius 2 is 1.86 bits per heavy atom. The lowest BCUT2D eigenvalue weighted by Crippen LogP contribution is -2.44. The molecule has 3 aromatic rings. The summed E-state index contributed by atoms with van der Waals surface area (Å²) in [7, 11) is 5.07. The number of H-pyrrole nitrogens is 1. The van der Waals surface area contributed by atoms with Crippen LogP contribution in [0.3, 0.4) is 0 Å². The molecule has 1 aliphatic rings. The van der Waals surface area contributed by atoms with Gasteiger partial charge in [0, 0.05) is 56.0 Å². The number of carbonyl (C=O) groups is 2. The fraction of sp³-hybridized carbons (Fsp3) is 0.444. The summed E-state index contributed by atoms with van der Waals surface area (Å²) >= 11 is 0. The van der Waals surface area contributed by atoms with Gasteiger partial charge in [-0.05, 0) is 44.7 Å². The summed E-state index contributed by atoms with van der Waals surface area (Å²) in [6.07, 6.45) is 1.84. The van der Waals surface area contributed by atoms with Crippen molar-refractivity contribution < 1.29 is 14.3 Å². The van der Waals surface area contributed by atoms with Crippen LogP contribution >= 0.6 is 0 Å². The SMILES string of the molecule is COc1cc(C)[nH]c(=O)c1CNC(=O)c1c(C)n(CC2CCN(C(=O)N(C)C)CC2)c2ccccc12. The van der Waals surface area contributed by atoms with Crippen molar-refractivity contribution >= 4 is 22.8 Å². The monoisotopic (exact) mass is 493 g/mol. The maximum atomic E-state index is 13.4. The van der Waals surface area contributed by atoms with Crippen LogP contribution in [0.5, 0.6) is 5.75 Å². The van der Waals surface area contributed by atoms with E-state index in [2.05, 4.69) is 14.9 Å². The standard InChI is InChI=1S/C27H35N5O4/c1-17-14-23(36-5)21(25(33)29-17)15-28-26(34)24-18(2)32(22-9-7-6-8-20(22)24)16-19-10-12-31(13-11-19)27(35)30(3)4/h6-9,14,19H,10-13,15-16H2,1-5H3,(H,28,34)(H,29,33). The van der Waals surface area contributed by atoms with Gasteiger partial charge in [0.1, 0.15) is 5.75 Å². The van der Waals surface area contributed by atoms with Crippen molar-refractivity contribution in [2.75, 3.05) is 34.3 Å². The molecule has 4 rings (SSSR count). The van der Waals surface area contributed by atoms with Gasteiger partial charge in [0.2, 0.25) is 0 Å². The number of hydrogen-bond donors (Lipinski definition) is 2. The molecule has 192 valence electrons. The fourth-order valence-electron chi connectivity index (χ4n) is 5.09. The first-order valence-electron chi connectivity index (χ1n) is 12.3. The molecule has 1 aliphatic heterocycles. The van der Waals surface area contributed by atoms with Crippen molar-refractivity contribution in [3.63, 3.8) is 0 Å². The van der Waals surface area contributed by atoms with Crippen LogP contribution in [0.25, 0.3) is 10.9 Å². The van der Waals surface area contributed by atoms with E-state index in [0.717, 1.165) is 49.1 Å². The normalized spacial score (nSPS) is 14.2. The van der Waals surface area contributed by atoms with Gasteiger partial charge in [0.15, 0.2) is 0 Å². The van der Waals surface area contributed by atoms with Crippen molar-refractivity contribution in [1.82, 2.24) is 24.7 Å². The summed E-state index contributed by atoms with van der Waals surface area (Å²) in [5.74, 6) is 0.641. The third kappa shape index (κ3) is 4.96. The number of methoxy groups -OCH3 is 1. The highest BCUT2D eigenvalue weighted by atomic mass is 16.5. The third-order valence-corrected chi connectivity index (χ3v) is 7.04. The van der Waals surface area contributed by atoms with Crippen LogP contribution in [-0.4, -0.2) is 65.6 Å². The molecule has 0 atom stereocenters. The zero-order valence-corrected chi connectivity index (χ0v) is 21.7. The summed E-state index contributed by atoms with van der Waals surface area (Å²) in [6.45, 7) is 6.08. The first-order chi connectivity index (χ1) is 17.2. The van der Waals surface area contributed by atoms with E-state index in [9.17, 15) is 14.4 Å². The number of aryl methyl sites for hydroxylation is 1. The van der Waals surface area contributed by atoms with Gasteiger partial charge >= 0.3 is 6.03 Å². The Morgan fingerprint density at radius 1 is 1.17 bits per heavy atom. The smallest absolute Gasteiger partial charge is 0.319 e. The zero-order chi connectivity index (χ0) is 26.0. The number of benzene rings is 1. The number of ether oxygens (including phenoxy) is 1. The number of likely N-dealkylation sites (tertiary alicyclic amines) is 1. The number of aromatic amines is 1. The van der Waals surface area contributed by atoms with Crippen LogP contribution in [0.1, 0.15) is 40.2 Å². The van der Waals surface area contributed by atoms with E-state index < -0.39 is 0 Å². The minimum Gasteiger partial charge on any atom is -0.496 e. The largest absolute Gasteiger partial charge is 0.496 e. The van der Waals surface area contributed by atoms with E-state index in [0.29, 0.717) is 28.5 Å². The van der Waals surface area contributed by atoms with Crippen molar-refractivity contribution in [2.24, 2.45) is 5.92 Å². The van der Waals surface area contributed by atoms with E-state index in [1.165, 1.54) is 7.11 Å². The molecule has 3 amide bonds. The van der Waals surface area contributed by atoms with Gasteiger partial charge in [-0.2, -0.15) is 0 Å². The Bertz CT molecular complexity index is 1330. The first-order valence-corrected chi connectivity index (χ1v) is 12.3. The van der Waals surface area contributed by atoms with Gasteiger partial charge in [0.05, 0.1) is 24.8 Å². The van der Waals surface area contributed by atoms with E-state index in [-0.39, 0.29) is 24.0 Å². The highest BCUT2D eigenvalue weighted by molar-refractivity contribution is 6.08. The van der Waals surface area contributed by atoms with Gasteiger partial charge < -0.3 is 29.4 Å². The molecular formula is C27H35N5O4. The molecule has 1 aromatic carbocycles. The zero-order valence-electron chi connectivity index (χ0n) is 21.7. The molecule has 0 spiro atoms. The number of rotatable bonds is 6. The average Bonchev–Trinajstić information content (AvgIpc) is 3.14. The number of pyridine rings is 1. The second-order valence-electron chi connectivity index (χ2n) is 9.71. The van der Waals surface area contributed by atoms with Gasteiger partial charge in [0.25, 0.3) is 11.5 Å². The molecule has 0 aliphatic carbocycles. The quantitative estimate of drug-likeness (QED) is 0.551. The van der Waals surface area contributed by atoms with Crippen molar-refractivity contribution in [3.8, 4) is 5.75 Å². The van der Waals surface area contributed by atoms with Gasteiger partial charge in [-0.15, -0.1) is 0 Å². The molecule has 1 saturated heterocycles. The number of urea groups is 1. The molecule has 9 nitrogen and oxygen atoms in total. The number of carbonyl (C=O) groups excluding carboxylic acids is 2. The third-order valence-electron chi connectivity index (χ3n) is 7.04. The Kier molecular flexibility index (Phi) is 7.37. The number of piperidine rings is 1. The second kappa shape index (κ2) is 10.5. The van der Waals surface area contributed by atoms with Gasteiger partial charge in [-0.3, -0.25) is 9.59 Å². The summed E-state index contributed by atoms with van der Waals surface area (Å²) < 4.78 is 7.58. The summed E-state index contributed by atoms with van der Waals surface area (Å²) in [4.78, 5) is 44.4. The average molecular weight is 494 g/mol. The lowest BCUT2D eigenvalue weighted by molar-refractivity contribution is 0.0951. The number of aromatic nitrogens is 2. The fourth-order valence-corrected chi connectivity index (χ4v) is 5.09. The lowest BCUT2D eigenvalue weighted by atomic mass is 9.96. The summed E-state index contributed by atoms with van der Waals surface area (Å²) in [5, 5.41) is 3.81. The molecule has 9 heteroatoms. The second-order valence-corrected chi connectivity index (χ2v) is 9.71.